The van der Waals surface area contributed by atoms with E-state index in [2.05, 4.69) is 27.7 Å². The molecule has 6 nitrogen and oxygen atoms in total. The smallest absolute Gasteiger partial charge is 0.260 e. The van der Waals surface area contributed by atoms with Crippen molar-refractivity contribution in [2.45, 2.75) is 53.4 Å². The molecule has 0 N–H and O–H groups in total. The highest BCUT2D eigenvalue weighted by atomic mass is 16.5. The topological polar surface area (TPSA) is 59.1 Å². The van der Waals surface area contributed by atoms with Crippen molar-refractivity contribution in [3.63, 3.8) is 0 Å². The maximum Gasteiger partial charge on any atom is 0.260 e. The summed E-state index contributed by atoms with van der Waals surface area (Å²) >= 11 is 0. The monoisotopic (exact) mass is 442 g/mol. The van der Waals surface area contributed by atoms with Gasteiger partial charge < -0.3 is 19.3 Å². The molecular weight excluding hydrogens is 404 g/mol. The Labute approximate surface area is 192 Å². The molecule has 176 valence electrons. The molecule has 0 aliphatic heterocycles. The van der Waals surface area contributed by atoms with E-state index in [9.17, 15) is 9.59 Å². The van der Waals surface area contributed by atoms with Crippen LogP contribution in [0.5, 0.6) is 11.5 Å². The predicted molar refractivity (Wildman–Crippen MR) is 129 cm³/mol. The molecule has 0 radical (unpaired) electrons. The fourth-order valence-electron chi connectivity index (χ4n) is 3.69. The highest BCUT2D eigenvalue weighted by Crippen LogP contribution is 2.32. The third-order valence-electron chi connectivity index (χ3n) is 5.19. The largest absolute Gasteiger partial charge is 0.480 e. The van der Waals surface area contributed by atoms with Crippen LogP contribution in [0.1, 0.15) is 53.4 Å². The fraction of sp³-hybridized carbons (Fsp3) is 0.538. The summed E-state index contributed by atoms with van der Waals surface area (Å²) < 4.78 is 11.9. The zero-order valence-electron chi connectivity index (χ0n) is 20.1. The van der Waals surface area contributed by atoms with Gasteiger partial charge in [-0.1, -0.05) is 52.0 Å². The molecule has 0 bridgehead atoms. The van der Waals surface area contributed by atoms with Gasteiger partial charge in [0.25, 0.3) is 11.8 Å². The zero-order chi connectivity index (χ0) is 23.3. The molecule has 0 spiro atoms. The SMILES string of the molecule is CCCN(CCC)C(=O)COc1cc2ccccc2cc1OCC(=O)N(CCC)CCC. The van der Waals surface area contributed by atoms with Crippen molar-refractivity contribution in [1.29, 1.82) is 0 Å². The van der Waals surface area contributed by atoms with Crippen LogP contribution in [0.2, 0.25) is 0 Å². The van der Waals surface area contributed by atoms with E-state index in [1.807, 2.05) is 46.2 Å². The number of rotatable bonds is 14. The average molecular weight is 443 g/mol. The Morgan fingerprint density at radius 3 is 1.31 bits per heavy atom. The number of carbonyl (C=O) groups excluding carboxylic acids is 2. The summed E-state index contributed by atoms with van der Waals surface area (Å²) in [7, 11) is 0. The molecule has 0 aliphatic carbocycles. The second-order valence-electron chi connectivity index (χ2n) is 7.99. The lowest BCUT2D eigenvalue weighted by atomic mass is 10.1. The minimum Gasteiger partial charge on any atom is -0.480 e. The predicted octanol–water partition coefficient (Wildman–Crippen LogP) is 4.89. The van der Waals surface area contributed by atoms with Crippen molar-refractivity contribution in [3.05, 3.63) is 36.4 Å². The summed E-state index contributed by atoms with van der Waals surface area (Å²) in [4.78, 5) is 29.0. The number of hydrogen-bond acceptors (Lipinski definition) is 4. The van der Waals surface area contributed by atoms with Gasteiger partial charge in [0.15, 0.2) is 24.7 Å². The van der Waals surface area contributed by atoms with Gasteiger partial charge in [-0.2, -0.15) is 0 Å². The Morgan fingerprint density at radius 2 is 1.00 bits per heavy atom. The van der Waals surface area contributed by atoms with Gasteiger partial charge in [0.2, 0.25) is 0 Å². The van der Waals surface area contributed by atoms with Crippen molar-refractivity contribution in [3.8, 4) is 11.5 Å². The van der Waals surface area contributed by atoms with E-state index in [-0.39, 0.29) is 25.0 Å². The summed E-state index contributed by atoms with van der Waals surface area (Å²) in [5, 5.41) is 1.98. The maximum absolute atomic E-state index is 12.7. The molecule has 2 rings (SSSR count). The lowest BCUT2D eigenvalue weighted by Gasteiger charge is -2.23. The first-order valence-corrected chi connectivity index (χ1v) is 11.9. The molecule has 2 aromatic carbocycles. The number of fused-ring (bicyclic) bond motifs is 1. The maximum atomic E-state index is 12.7. The van der Waals surface area contributed by atoms with Crippen molar-refractivity contribution in [2.24, 2.45) is 0 Å². The molecule has 0 heterocycles. The van der Waals surface area contributed by atoms with Crippen LogP contribution in [0.4, 0.5) is 0 Å². The third-order valence-corrected chi connectivity index (χ3v) is 5.19. The minimum absolute atomic E-state index is 0.0408. The Morgan fingerprint density at radius 1 is 0.656 bits per heavy atom. The summed E-state index contributed by atoms with van der Waals surface area (Å²) in [5.41, 5.74) is 0. The van der Waals surface area contributed by atoms with E-state index >= 15 is 0 Å². The Kier molecular flexibility index (Phi) is 10.8. The summed E-state index contributed by atoms with van der Waals surface area (Å²) in [6.45, 7) is 11.0. The van der Waals surface area contributed by atoms with Crippen LogP contribution in [0.25, 0.3) is 10.8 Å². The molecule has 32 heavy (non-hydrogen) atoms. The van der Waals surface area contributed by atoms with Gasteiger partial charge in [0, 0.05) is 26.2 Å². The second-order valence-corrected chi connectivity index (χ2v) is 7.99. The average Bonchev–Trinajstić information content (AvgIpc) is 2.80. The summed E-state index contributed by atoms with van der Waals surface area (Å²) in [6, 6.07) is 11.6. The first-order chi connectivity index (χ1) is 15.5. The van der Waals surface area contributed by atoms with Crippen LogP contribution in [0, 0.1) is 0 Å². The highest BCUT2D eigenvalue weighted by molar-refractivity contribution is 5.86. The van der Waals surface area contributed by atoms with Crippen LogP contribution in [0.15, 0.2) is 36.4 Å². The van der Waals surface area contributed by atoms with Gasteiger partial charge in [-0.15, -0.1) is 0 Å². The molecular formula is C26H38N2O4. The van der Waals surface area contributed by atoms with Crippen LogP contribution < -0.4 is 9.47 Å². The van der Waals surface area contributed by atoms with E-state index in [0.29, 0.717) is 11.5 Å². The van der Waals surface area contributed by atoms with Crippen LogP contribution in [0.3, 0.4) is 0 Å². The van der Waals surface area contributed by atoms with Crippen molar-refractivity contribution >= 4 is 22.6 Å². The van der Waals surface area contributed by atoms with E-state index in [1.165, 1.54) is 0 Å². The summed E-state index contributed by atoms with van der Waals surface area (Å²) in [6.07, 6.45) is 3.63. The van der Waals surface area contributed by atoms with Gasteiger partial charge in [-0.25, -0.2) is 0 Å². The Balaban J connectivity index is 2.17. The number of nitrogens with zero attached hydrogens (tertiary/aromatic N) is 2. The van der Waals surface area contributed by atoms with Gasteiger partial charge in [0.05, 0.1) is 0 Å². The first kappa shape index (κ1) is 25.5. The quantitative estimate of drug-likeness (QED) is 0.418. The van der Waals surface area contributed by atoms with E-state index in [4.69, 9.17) is 9.47 Å². The molecule has 0 fully saturated rings. The van der Waals surface area contributed by atoms with E-state index in [0.717, 1.165) is 62.6 Å². The van der Waals surface area contributed by atoms with Crippen molar-refractivity contribution < 1.29 is 19.1 Å². The Bertz CT molecular complexity index is 786. The lowest BCUT2D eigenvalue weighted by Crippen LogP contribution is -2.36. The van der Waals surface area contributed by atoms with Crippen molar-refractivity contribution in [2.75, 3.05) is 39.4 Å². The number of benzene rings is 2. The van der Waals surface area contributed by atoms with Crippen LogP contribution >= 0.6 is 0 Å². The molecule has 2 aromatic rings. The fourth-order valence-corrected chi connectivity index (χ4v) is 3.69. The lowest BCUT2D eigenvalue weighted by molar-refractivity contribution is -0.134. The number of hydrogen-bond donors (Lipinski definition) is 0. The number of ether oxygens (including phenoxy) is 2. The third kappa shape index (κ3) is 7.43. The van der Waals surface area contributed by atoms with Gasteiger partial charge in [0.1, 0.15) is 0 Å². The minimum atomic E-state index is -0.0551. The van der Waals surface area contributed by atoms with Gasteiger partial charge in [-0.05, 0) is 48.6 Å². The standard InChI is InChI=1S/C26H38N2O4/c1-5-13-27(14-6-2)25(29)19-31-23-17-21-11-9-10-12-22(21)18-24(23)32-20-26(30)28(15-7-3)16-8-4/h9-12,17-18H,5-8,13-16,19-20H2,1-4H3. The highest BCUT2D eigenvalue weighted by Gasteiger charge is 2.17. The van der Waals surface area contributed by atoms with Crippen molar-refractivity contribution in [1.82, 2.24) is 9.80 Å². The molecule has 0 saturated carbocycles. The molecule has 0 saturated heterocycles. The van der Waals surface area contributed by atoms with Crippen LogP contribution in [-0.2, 0) is 9.59 Å². The van der Waals surface area contributed by atoms with Crippen LogP contribution in [-0.4, -0.2) is 61.0 Å². The molecule has 0 aromatic heterocycles. The first-order valence-electron chi connectivity index (χ1n) is 11.9. The van der Waals surface area contributed by atoms with Gasteiger partial charge in [-0.3, -0.25) is 9.59 Å². The molecule has 0 aliphatic rings. The van der Waals surface area contributed by atoms with E-state index in [1.54, 1.807) is 0 Å². The summed E-state index contributed by atoms with van der Waals surface area (Å²) in [5.74, 6) is 0.882. The van der Waals surface area contributed by atoms with Gasteiger partial charge >= 0.3 is 0 Å². The molecule has 2 amide bonds. The molecule has 6 heteroatoms. The molecule has 0 unspecified atom stereocenters. The zero-order valence-corrected chi connectivity index (χ0v) is 20.1. The van der Waals surface area contributed by atoms with E-state index < -0.39 is 0 Å². The Hall–Kier alpha value is -2.76. The number of carbonyl (C=O) groups is 2. The molecule has 0 atom stereocenters. The second kappa shape index (κ2) is 13.6. The normalized spacial score (nSPS) is 10.8. The number of amides is 2.